The molecule has 0 saturated carbocycles. The third kappa shape index (κ3) is 5.85. The van der Waals surface area contributed by atoms with E-state index < -0.39 is 0 Å². The topological polar surface area (TPSA) is 60.5 Å². The van der Waals surface area contributed by atoms with Gasteiger partial charge in [0.05, 0.1) is 33.0 Å². The standard InChI is InChI=1S/C25H34N2O5/c1-5-30-22-16-20(17-23(31-6-2)24(22)32-7-3)25(28)26(4)18-19-8-10-21(11-9-19)27-12-14-29-15-13-27/h8-11,16-17H,5-7,12-15,18H2,1-4H3. The first-order valence-electron chi connectivity index (χ1n) is 11.3. The average Bonchev–Trinajstić information content (AvgIpc) is 2.82. The highest BCUT2D eigenvalue weighted by atomic mass is 16.5. The SMILES string of the molecule is CCOc1cc(C(=O)N(C)Cc2ccc(N3CCOCC3)cc2)cc(OCC)c1OCC. The zero-order chi connectivity index (χ0) is 22.9. The van der Waals surface area contributed by atoms with Gasteiger partial charge in [0.2, 0.25) is 5.75 Å². The molecule has 1 aliphatic heterocycles. The van der Waals surface area contributed by atoms with Crippen LogP contribution in [0.2, 0.25) is 0 Å². The Morgan fingerprint density at radius 1 is 0.938 bits per heavy atom. The molecule has 0 aliphatic carbocycles. The Bertz CT molecular complexity index is 851. The third-order valence-corrected chi connectivity index (χ3v) is 5.24. The van der Waals surface area contributed by atoms with Crippen molar-refractivity contribution in [2.45, 2.75) is 27.3 Å². The van der Waals surface area contributed by atoms with Gasteiger partial charge in [-0.05, 0) is 50.6 Å². The molecule has 3 rings (SSSR count). The maximum absolute atomic E-state index is 13.2. The third-order valence-electron chi connectivity index (χ3n) is 5.24. The van der Waals surface area contributed by atoms with Crippen LogP contribution >= 0.6 is 0 Å². The van der Waals surface area contributed by atoms with Crippen LogP contribution in [0.25, 0.3) is 0 Å². The average molecular weight is 443 g/mol. The van der Waals surface area contributed by atoms with Crippen LogP contribution in [0, 0.1) is 0 Å². The van der Waals surface area contributed by atoms with Crippen LogP contribution in [0.3, 0.4) is 0 Å². The van der Waals surface area contributed by atoms with Crippen LogP contribution in [0.1, 0.15) is 36.7 Å². The van der Waals surface area contributed by atoms with Crippen molar-refractivity contribution >= 4 is 11.6 Å². The molecule has 1 aliphatic rings. The van der Waals surface area contributed by atoms with Gasteiger partial charge < -0.3 is 28.7 Å². The summed E-state index contributed by atoms with van der Waals surface area (Å²) >= 11 is 0. The van der Waals surface area contributed by atoms with Crippen LogP contribution in [-0.2, 0) is 11.3 Å². The van der Waals surface area contributed by atoms with Crippen molar-refractivity contribution in [3.8, 4) is 17.2 Å². The molecular weight excluding hydrogens is 408 g/mol. The minimum absolute atomic E-state index is 0.104. The normalized spacial score (nSPS) is 13.6. The molecule has 0 N–H and O–H groups in total. The second-order valence-corrected chi connectivity index (χ2v) is 7.53. The molecule has 2 aromatic carbocycles. The van der Waals surface area contributed by atoms with Crippen molar-refractivity contribution < 1.29 is 23.7 Å². The lowest BCUT2D eigenvalue weighted by Crippen LogP contribution is -2.36. The van der Waals surface area contributed by atoms with Gasteiger partial charge in [-0.1, -0.05) is 12.1 Å². The molecule has 0 spiro atoms. The number of hydrogen-bond acceptors (Lipinski definition) is 6. The summed E-state index contributed by atoms with van der Waals surface area (Å²) in [6, 6.07) is 11.8. The second-order valence-electron chi connectivity index (χ2n) is 7.53. The molecule has 7 nitrogen and oxygen atoms in total. The van der Waals surface area contributed by atoms with E-state index in [1.165, 1.54) is 5.69 Å². The highest BCUT2D eigenvalue weighted by molar-refractivity contribution is 5.95. The van der Waals surface area contributed by atoms with E-state index in [1.807, 2.05) is 20.8 Å². The Morgan fingerprint density at radius 2 is 1.50 bits per heavy atom. The van der Waals surface area contributed by atoms with Crippen LogP contribution in [0.4, 0.5) is 5.69 Å². The molecule has 0 radical (unpaired) electrons. The minimum atomic E-state index is -0.104. The fraction of sp³-hybridized carbons (Fsp3) is 0.480. The Labute approximate surface area is 190 Å². The summed E-state index contributed by atoms with van der Waals surface area (Å²) in [6.07, 6.45) is 0. The van der Waals surface area contributed by atoms with Gasteiger partial charge in [0, 0.05) is 37.9 Å². The smallest absolute Gasteiger partial charge is 0.254 e. The summed E-state index contributed by atoms with van der Waals surface area (Å²) in [5.74, 6) is 1.47. The molecular formula is C25H34N2O5. The van der Waals surface area contributed by atoms with Gasteiger partial charge in [-0.25, -0.2) is 0 Å². The number of rotatable bonds is 10. The maximum atomic E-state index is 13.2. The van der Waals surface area contributed by atoms with Crippen LogP contribution in [-0.4, -0.2) is 64.0 Å². The van der Waals surface area contributed by atoms with E-state index in [-0.39, 0.29) is 5.91 Å². The van der Waals surface area contributed by atoms with E-state index in [1.54, 1.807) is 24.1 Å². The molecule has 1 amide bonds. The first kappa shape index (κ1) is 23.7. The zero-order valence-electron chi connectivity index (χ0n) is 19.6. The molecule has 7 heteroatoms. The molecule has 0 bridgehead atoms. The molecule has 1 saturated heterocycles. The van der Waals surface area contributed by atoms with Gasteiger partial charge in [0.25, 0.3) is 5.91 Å². The number of carbonyl (C=O) groups is 1. The predicted octanol–water partition coefficient (Wildman–Crippen LogP) is 3.99. The fourth-order valence-corrected chi connectivity index (χ4v) is 3.71. The molecule has 1 heterocycles. The number of anilines is 1. The van der Waals surface area contributed by atoms with Crippen molar-refractivity contribution in [2.24, 2.45) is 0 Å². The Kier molecular flexibility index (Phi) is 8.62. The van der Waals surface area contributed by atoms with E-state index in [0.717, 1.165) is 31.9 Å². The number of carbonyl (C=O) groups excluding carboxylic acids is 1. The van der Waals surface area contributed by atoms with Crippen molar-refractivity contribution in [2.75, 3.05) is 58.1 Å². The maximum Gasteiger partial charge on any atom is 0.254 e. The predicted molar refractivity (Wildman–Crippen MR) is 125 cm³/mol. The van der Waals surface area contributed by atoms with Gasteiger partial charge in [-0.15, -0.1) is 0 Å². The highest BCUT2D eigenvalue weighted by Gasteiger charge is 2.21. The van der Waals surface area contributed by atoms with Gasteiger partial charge in [-0.3, -0.25) is 4.79 Å². The lowest BCUT2D eigenvalue weighted by atomic mass is 10.1. The summed E-state index contributed by atoms with van der Waals surface area (Å²) in [7, 11) is 1.80. The molecule has 2 aromatic rings. The van der Waals surface area contributed by atoms with E-state index in [2.05, 4.69) is 29.2 Å². The quantitative estimate of drug-likeness (QED) is 0.555. The van der Waals surface area contributed by atoms with E-state index in [9.17, 15) is 4.79 Å². The Balaban J connectivity index is 1.75. The van der Waals surface area contributed by atoms with Gasteiger partial charge >= 0.3 is 0 Å². The Morgan fingerprint density at radius 3 is 2.03 bits per heavy atom. The van der Waals surface area contributed by atoms with Crippen molar-refractivity contribution in [3.63, 3.8) is 0 Å². The highest BCUT2D eigenvalue weighted by Crippen LogP contribution is 2.39. The molecule has 174 valence electrons. The van der Waals surface area contributed by atoms with Gasteiger partial charge in [0.1, 0.15) is 0 Å². The first-order valence-corrected chi connectivity index (χ1v) is 11.3. The summed E-state index contributed by atoms with van der Waals surface area (Å²) in [5, 5.41) is 0. The number of ether oxygens (including phenoxy) is 4. The summed E-state index contributed by atoms with van der Waals surface area (Å²) in [5.41, 5.74) is 2.76. The largest absolute Gasteiger partial charge is 0.490 e. The number of morpholine rings is 1. The lowest BCUT2D eigenvalue weighted by molar-refractivity contribution is 0.0784. The van der Waals surface area contributed by atoms with Crippen molar-refractivity contribution in [3.05, 3.63) is 47.5 Å². The molecule has 32 heavy (non-hydrogen) atoms. The lowest BCUT2D eigenvalue weighted by Gasteiger charge is -2.29. The molecule has 1 fully saturated rings. The molecule has 0 aromatic heterocycles. The van der Waals surface area contributed by atoms with Crippen LogP contribution in [0.15, 0.2) is 36.4 Å². The van der Waals surface area contributed by atoms with E-state index in [4.69, 9.17) is 18.9 Å². The minimum Gasteiger partial charge on any atom is -0.490 e. The van der Waals surface area contributed by atoms with Crippen molar-refractivity contribution in [1.82, 2.24) is 4.90 Å². The number of hydrogen-bond donors (Lipinski definition) is 0. The fourth-order valence-electron chi connectivity index (χ4n) is 3.71. The van der Waals surface area contributed by atoms with E-state index >= 15 is 0 Å². The Hall–Kier alpha value is -2.93. The zero-order valence-corrected chi connectivity index (χ0v) is 19.6. The van der Waals surface area contributed by atoms with Gasteiger partial charge in [0.15, 0.2) is 11.5 Å². The summed E-state index contributed by atoms with van der Waals surface area (Å²) < 4.78 is 22.7. The number of benzene rings is 2. The first-order chi connectivity index (χ1) is 15.6. The monoisotopic (exact) mass is 442 g/mol. The summed E-state index contributed by atoms with van der Waals surface area (Å²) in [6.45, 7) is 10.9. The van der Waals surface area contributed by atoms with Gasteiger partial charge in [-0.2, -0.15) is 0 Å². The van der Waals surface area contributed by atoms with Crippen LogP contribution in [0.5, 0.6) is 17.2 Å². The number of amides is 1. The van der Waals surface area contributed by atoms with E-state index in [0.29, 0.717) is 49.2 Å². The second kappa shape index (κ2) is 11.6. The molecule has 0 unspecified atom stereocenters. The number of nitrogens with zero attached hydrogens (tertiary/aromatic N) is 2. The van der Waals surface area contributed by atoms with Crippen molar-refractivity contribution in [1.29, 1.82) is 0 Å². The molecule has 0 atom stereocenters. The van der Waals surface area contributed by atoms with Crippen LogP contribution < -0.4 is 19.1 Å². The summed E-state index contributed by atoms with van der Waals surface area (Å²) in [4.78, 5) is 17.2.